The van der Waals surface area contributed by atoms with Crippen molar-refractivity contribution in [3.05, 3.63) is 71.8 Å². The van der Waals surface area contributed by atoms with Gasteiger partial charge in [0.25, 0.3) is 0 Å². The molecule has 2 atom stereocenters. The van der Waals surface area contributed by atoms with Gasteiger partial charge in [0.05, 0.1) is 6.10 Å². The maximum absolute atomic E-state index is 12.5. The normalized spacial score (nSPS) is 19.3. The molecule has 0 bridgehead atoms. The molecule has 21 heavy (non-hydrogen) atoms. The lowest BCUT2D eigenvalue weighted by atomic mass is 9.86. The smallest absolute Gasteiger partial charge is 0.163 e. The van der Waals surface area contributed by atoms with Crippen LogP contribution in [0.3, 0.4) is 0 Å². The summed E-state index contributed by atoms with van der Waals surface area (Å²) in [7, 11) is 0. The summed E-state index contributed by atoms with van der Waals surface area (Å²) in [6.07, 6.45) is 2.81. The van der Waals surface area contributed by atoms with Gasteiger partial charge >= 0.3 is 0 Å². The van der Waals surface area contributed by atoms with Crippen LogP contribution in [0.4, 0.5) is 0 Å². The first kappa shape index (κ1) is 14.0. The second-order valence-corrected chi connectivity index (χ2v) is 5.56. The van der Waals surface area contributed by atoms with Gasteiger partial charge < -0.3 is 4.74 Å². The average molecular weight is 280 g/mol. The summed E-state index contributed by atoms with van der Waals surface area (Å²) < 4.78 is 5.85. The lowest BCUT2D eigenvalue weighted by molar-refractivity contribution is 0.0758. The van der Waals surface area contributed by atoms with E-state index in [1.807, 2.05) is 48.5 Å². The van der Waals surface area contributed by atoms with Gasteiger partial charge in [0.2, 0.25) is 0 Å². The Kier molecular flexibility index (Phi) is 4.46. The van der Waals surface area contributed by atoms with E-state index in [9.17, 15) is 4.79 Å². The predicted octanol–water partition coefficient (Wildman–Crippen LogP) is 4.22. The van der Waals surface area contributed by atoms with Gasteiger partial charge in [0, 0.05) is 24.5 Å². The summed E-state index contributed by atoms with van der Waals surface area (Å²) in [6, 6.07) is 19.8. The Morgan fingerprint density at radius 3 is 2.33 bits per heavy atom. The van der Waals surface area contributed by atoms with Crippen molar-refractivity contribution in [3.63, 3.8) is 0 Å². The average Bonchev–Trinajstić information content (AvgIpc) is 3.08. The summed E-state index contributed by atoms with van der Waals surface area (Å²) in [5.41, 5.74) is 1.99. The van der Waals surface area contributed by atoms with Crippen LogP contribution in [-0.4, -0.2) is 18.5 Å². The van der Waals surface area contributed by atoms with Crippen LogP contribution in [0.15, 0.2) is 60.7 Å². The number of hydrogen-bond acceptors (Lipinski definition) is 2. The molecule has 1 saturated heterocycles. The van der Waals surface area contributed by atoms with E-state index in [0.29, 0.717) is 6.42 Å². The monoisotopic (exact) mass is 280 g/mol. The van der Waals surface area contributed by atoms with Crippen LogP contribution < -0.4 is 0 Å². The molecule has 2 nitrogen and oxygen atoms in total. The van der Waals surface area contributed by atoms with Crippen LogP contribution in [0.2, 0.25) is 0 Å². The molecule has 1 fully saturated rings. The van der Waals surface area contributed by atoms with Gasteiger partial charge in [0.15, 0.2) is 5.78 Å². The summed E-state index contributed by atoms with van der Waals surface area (Å²) in [5.74, 6) is 0.348. The molecule has 3 rings (SSSR count). The SMILES string of the molecule is O=C(C[C@@H](c1ccccc1)[C@@H]1CCCO1)c1ccccc1. The van der Waals surface area contributed by atoms with E-state index in [2.05, 4.69) is 12.1 Å². The van der Waals surface area contributed by atoms with E-state index >= 15 is 0 Å². The highest BCUT2D eigenvalue weighted by molar-refractivity contribution is 5.96. The van der Waals surface area contributed by atoms with Crippen LogP contribution in [0, 0.1) is 0 Å². The topological polar surface area (TPSA) is 26.3 Å². The van der Waals surface area contributed by atoms with Crippen LogP contribution in [0.25, 0.3) is 0 Å². The third kappa shape index (κ3) is 3.40. The molecule has 0 aromatic heterocycles. The first-order chi connectivity index (χ1) is 10.3. The van der Waals surface area contributed by atoms with Crippen molar-refractivity contribution in [3.8, 4) is 0 Å². The number of rotatable bonds is 5. The highest BCUT2D eigenvalue weighted by Crippen LogP contribution is 2.32. The fraction of sp³-hybridized carbons (Fsp3) is 0.316. The first-order valence-electron chi connectivity index (χ1n) is 7.59. The lowest BCUT2D eigenvalue weighted by Crippen LogP contribution is -2.21. The van der Waals surface area contributed by atoms with Crippen molar-refractivity contribution in [1.82, 2.24) is 0 Å². The van der Waals surface area contributed by atoms with Crippen LogP contribution >= 0.6 is 0 Å². The van der Waals surface area contributed by atoms with Gasteiger partial charge in [-0.05, 0) is 18.4 Å². The molecular weight excluding hydrogens is 260 g/mol. The van der Waals surface area contributed by atoms with Crippen molar-refractivity contribution in [1.29, 1.82) is 0 Å². The van der Waals surface area contributed by atoms with Crippen molar-refractivity contribution in [2.24, 2.45) is 0 Å². The molecule has 2 heteroatoms. The van der Waals surface area contributed by atoms with Crippen LogP contribution in [0.1, 0.15) is 41.1 Å². The predicted molar refractivity (Wildman–Crippen MR) is 83.5 cm³/mol. The van der Waals surface area contributed by atoms with E-state index < -0.39 is 0 Å². The van der Waals surface area contributed by atoms with Gasteiger partial charge in [0.1, 0.15) is 0 Å². The lowest BCUT2D eigenvalue weighted by Gasteiger charge is -2.23. The zero-order valence-electron chi connectivity index (χ0n) is 12.1. The largest absolute Gasteiger partial charge is 0.378 e. The van der Waals surface area contributed by atoms with Crippen molar-refractivity contribution in [2.75, 3.05) is 6.61 Å². The zero-order chi connectivity index (χ0) is 14.5. The van der Waals surface area contributed by atoms with Crippen molar-refractivity contribution in [2.45, 2.75) is 31.3 Å². The molecule has 1 heterocycles. The van der Waals surface area contributed by atoms with E-state index in [0.717, 1.165) is 25.0 Å². The standard InChI is InChI=1S/C19H20O2/c20-18(16-10-5-2-6-11-16)14-17(19-12-7-13-21-19)15-8-3-1-4-9-15/h1-6,8-11,17,19H,7,12-14H2/t17-,19-/m0/s1. The van der Waals surface area contributed by atoms with Gasteiger partial charge in [-0.15, -0.1) is 0 Å². The van der Waals surface area contributed by atoms with E-state index in [1.54, 1.807) is 0 Å². The minimum Gasteiger partial charge on any atom is -0.378 e. The second kappa shape index (κ2) is 6.68. The van der Waals surface area contributed by atoms with Crippen LogP contribution in [-0.2, 0) is 4.74 Å². The molecule has 0 aliphatic carbocycles. The third-order valence-electron chi connectivity index (χ3n) is 4.14. The van der Waals surface area contributed by atoms with Crippen LogP contribution in [0.5, 0.6) is 0 Å². The third-order valence-corrected chi connectivity index (χ3v) is 4.14. The molecule has 0 radical (unpaired) electrons. The quantitative estimate of drug-likeness (QED) is 0.766. The maximum Gasteiger partial charge on any atom is 0.163 e. The molecule has 2 aromatic rings. The van der Waals surface area contributed by atoms with Gasteiger partial charge in [-0.2, -0.15) is 0 Å². The Morgan fingerprint density at radius 1 is 1.05 bits per heavy atom. The second-order valence-electron chi connectivity index (χ2n) is 5.56. The Hall–Kier alpha value is -1.93. The molecule has 0 unspecified atom stereocenters. The molecule has 2 aromatic carbocycles. The minimum absolute atomic E-state index is 0.154. The Morgan fingerprint density at radius 2 is 1.71 bits per heavy atom. The molecule has 1 aliphatic rings. The molecule has 0 amide bonds. The summed E-state index contributed by atoms with van der Waals surface area (Å²) in [6.45, 7) is 0.813. The van der Waals surface area contributed by atoms with E-state index in [1.165, 1.54) is 5.56 Å². The summed E-state index contributed by atoms with van der Waals surface area (Å²) in [5, 5.41) is 0. The molecule has 0 N–H and O–H groups in total. The highest BCUT2D eigenvalue weighted by atomic mass is 16.5. The van der Waals surface area contributed by atoms with Crippen molar-refractivity contribution < 1.29 is 9.53 Å². The molecule has 1 aliphatic heterocycles. The number of Topliss-reactive ketones (excluding diaryl/α,β-unsaturated/α-hetero) is 1. The molecule has 0 spiro atoms. The minimum atomic E-state index is 0.154. The Bertz CT molecular complexity index is 571. The molecule has 0 saturated carbocycles. The number of hydrogen-bond donors (Lipinski definition) is 0. The number of ketones is 1. The zero-order valence-corrected chi connectivity index (χ0v) is 12.1. The summed E-state index contributed by atoms with van der Waals surface area (Å²) >= 11 is 0. The highest BCUT2D eigenvalue weighted by Gasteiger charge is 2.29. The number of carbonyl (C=O) groups excluding carboxylic acids is 1. The Balaban J connectivity index is 1.81. The number of ether oxygens (including phenoxy) is 1. The maximum atomic E-state index is 12.5. The van der Waals surface area contributed by atoms with E-state index in [-0.39, 0.29) is 17.8 Å². The van der Waals surface area contributed by atoms with Gasteiger partial charge in [-0.25, -0.2) is 0 Å². The molecular formula is C19H20O2. The Labute approximate surface area is 125 Å². The summed E-state index contributed by atoms with van der Waals surface area (Å²) in [4.78, 5) is 12.5. The first-order valence-corrected chi connectivity index (χ1v) is 7.59. The van der Waals surface area contributed by atoms with Crippen molar-refractivity contribution >= 4 is 5.78 Å². The fourth-order valence-corrected chi connectivity index (χ4v) is 3.03. The molecule has 108 valence electrons. The van der Waals surface area contributed by atoms with Gasteiger partial charge in [-0.3, -0.25) is 4.79 Å². The van der Waals surface area contributed by atoms with Gasteiger partial charge in [-0.1, -0.05) is 60.7 Å². The fourth-order valence-electron chi connectivity index (χ4n) is 3.03. The number of carbonyl (C=O) groups is 1. The van der Waals surface area contributed by atoms with E-state index in [4.69, 9.17) is 4.74 Å². The number of benzene rings is 2.